The van der Waals surface area contributed by atoms with Gasteiger partial charge in [0.2, 0.25) is 5.91 Å². The first kappa shape index (κ1) is 22.6. The van der Waals surface area contributed by atoms with E-state index in [9.17, 15) is 24.5 Å². The standard InChI is InChI=1S/C17H15N5O6S3/c1-28-15(25)7-21-11-3-2-10(22(26)27)6-12(11)31-17(21)20-14(24)9-29-8-13(23)19-16-18-4-5-30-16/h2-6H,7-9H2,1H3,(H,18,19,23). The molecule has 0 aliphatic carbocycles. The third-order valence-electron chi connectivity index (χ3n) is 3.75. The molecule has 2 heterocycles. The SMILES string of the molecule is COC(=O)Cn1c(=NC(=O)CSCC(=O)Nc2nccs2)sc2cc([N+](=O)[O-])ccc21. The van der Waals surface area contributed by atoms with E-state index < -0.39 is 16.8 Å². The van der Waals surface area contributed by atoms with Crippen LogP contribution >= 0.6 is 34.4 Å². The average molecular weight is 482 g/mol. The van der Waals surface area contributed by atoms with E-state index in [-0.39, 0.29) is 34.4 Å². The lowest BCUT2D eigenvalue weighted by molar-refractivity contribution is -0.384. The van der Waals surface area contributed by atoms with Crippen LogP contribution in [0.4, 0.5) is 10.8 Å². The van der Waals surface area contributed by atoms with Gasteiger partial charge in [0.25, 0.3) is 11.6 Å². The number of ether oxygens (including phenoxy) is 1. The molecule has 162 valence electrons. The molecule has 3 rings (SSSR count). The van der Waals surface area contributed by atoms with Crippen LogP contribution in [-0.2, 0) is 25.7 Å². The van der Waals surface area contributed by atoms with Crippen molar-refractivity contribution in [3.8, 4) is 0 Å². The Morgan fingerprint density at radius 3 is 2.84 bits per heavy atom. The van der Waals surface area contributed by atoms with Crippen LogP contribution in [0.1, 0.15) is 0 Å². The molecule has 0 aliphatic heterocycles. The number of carbonyl (C=O) groups excluding carboxylic acids is 3. The molecule has 14 heteroatoms. The number of anilines is 1. The molecule has 0 fully saturated rings. The lowest BCUT2D eigenvalue weighted by Crippen LogP contribution is -2.23. The summed E-state index contributed by atoms with van der Waals surface area (Å²) in [5, 5.41) is 15.8. The highest BCUT2D eigenvalue weighted by atomic mass is 32.2. The number of fused-ring (bicyclic) bond motifs is 1. The summed E-state index contributed by atoms with van der Waals surface area (Å²) in [6.45, 7) is -0.205. The molecule has 1 N–H and O–H groups in total. The van der Waals surface area contributed by atoms with E-state index in [0.717, 1.165) is 23.1 Å². The fourth-order valence-corrected chi connectivity index (χ4v) is 4.64. The van der Waals surface area contributed by atoms with Crippen LogP contribution < -0.4 is 10.1 Å². The molecule has 2 aromatic heterocycles. The maximum atomic E-state index is 12.3. The van der Waals surface area contributed by atoms with Crippen LogP contribution in [0.15, 0.2) is 34.8 Å². The number of amides is 2. The molecule has 11 nitrogen and oxygen atoms in total. The van der Waals surface area contributed by atoms with E-state index in [1.807, 2.05) is 0 Å². The number of hydrogen-bond donors (Lipinski definition) is 1. The first-order chi connectivity index (χ1) is 14.9. The van der Waals surface area contributed by atoms with E-state index in [4.69, 9.17) is 0 Å². The van der Waals surface area contributed by atoms with Crippen molar-refractivity contribution in [2.45, 2.75) is 6.54 Å². The zero-order valence-corrected chi connectivity index (χ0v) is 18.4. The maximum absolute atomic E-state index is 12.3. The smallest absolute Gasteiger partial charge is 0.325 e. The fraction of sp³-hybridized carbons (Fsp3) is 0.235. The monoisotopic (exact) mass is 481 g/mol. The molecule has 0 atom stereocenters. The number of benzene rings is 1. The Labute approximate surface area is 186 Å². The minimum Gasteiger partial charge on any atom is -0.468 e. The Balaban J connectivity index is 1.76. The Morgan fingerprint density at radius 2 is 2.16 bits per heavy atom. The highest BCUT2D eigenvalue weighted by Gasteiger charge is 2.15. The number of hydrogen-bond acceptors (Lipinski definition) is 10. The summed E-state index contributed by atoms with van der Waals surface area (Å²) in [6.07, 6.45) is 1.57. The molecular weight excluding hydrogens is 466 g/mol. The number of nitro groups is 1. The van der Waals surface area contributed by atoms with Gasteiger partial charge in [-0.25, -0.2) is 4.98 Å². The lowest BCUT2D eigenvalue weighted by atomic mass is 10.3. The summed E-state index contributed by atoms with van der Waals surface area (Å²) in [5.74, 6) is -1.37. The second-order valence-electron chi connectivity index (χ2n) is 5.84. The van der Waals surface area contributed by atoms with Crippen molar-refractivity contribution >= 4 is 73.3 Å². The summed E-state index contributed by atoms with van der Waals surface area (Å²) in [7, 11) is 1.23. The molecule has 0 unspecified atom stereocenters. The number of methoxy groups -OCH3 is 1. The van der Waals surface area contributed by atoms with Gasteiger partial charge in [-0.3, -0.25) is 24.5 Å². The van der Waals surface area contributed by atoms with Crippen LogP contribution in [0.3, 0.4) is 0 Å². The average Bonchev–Trinajstić information content (AvgIpc) is 3.35. The van der Waals surface area contributed by atoms with Crippen LogP contribution in [0.25, 0.3) is 10.2 Å². The van der Waals surface area contributed by atoms with Crippen molar-refractivity contribution < 1.29 is 24.0 Å². The molecule has 31 heavy (non-hydrogen) atoms. The van der Waals surface area contributed by atoms with Crippen molar-refractivity contribution in [3.05, 3.63) is 44.7 Å². The van der Waals surface area contributed by atoms with Crippen LogP contribution in [0.2, 0.25) is 0 Å². The number of thioether (sulfide) groups is 1. The Morgan fingerprint density at radius 1 is 1.35 bits per heavy atom. The molecule has 0 saturated heterocycles. The minimum absolute atomic E-state index is 0.0433. The summed E-state index contributed by atoms with van der Waals surface area (Å²) < 4.78 is 6.65. The van der Waals surface area contributed by atoms with Gasteiger partial charge in [-0.05, 0) is 6.07 Å². The highest BCUT2D eigenvalue weighted by molar-refractivity contribution is 8.00. The largest absolute Gasteiger partial charge is 0.468 e. The number of nitrogens with one attached hydrogen (secondary N) is 1. The van der Waals surface area contributed by atoms with Gasteiger partial charge in [0.1, 0.15) is 6.54 Å². The zero-order valence-electron chi connectivity index (χ0n) is 16.0. The summed E-state index contributed by atoms with van der Waals surface area (Å²) in [4.78, 5) is 54.6. The molecule has 0 radical (unpaired) electrons. The normalized spacial score (nSPS) is 11.5. The van der Waals surface area contributed by atoms with E-state index in [2.05, 4.69) is 20.0 Å². The maximum Gasteiger partial charge on any atom is 0.325 e. The number of nitrogens with zero attached hydrogens (tertiary/aromatic N) is 4. The van der Waals surface area contributed by atoms with Crippen LogP contribution in [0.5, 0.6) is 0 Å². The molecule has 3 aromatic rings. The van der Waals surface area contributed by atoms with E-state index in [0.29, 0.717) is 15.3 Å². The summed E-state index contributed by atoms with van der Waals surface area (Å²) in [6, 6.07) is 4.16. The van der Waals surface area contributed by atoms with Gasteiger partial charge in [-0.1, -0.05) is 11.3 Å². The number of aromatic nitrogens is 2. The number of non-ortho nitro benzene ring substituents is 1. The first-order valence-electron chi connectivity index (χ1n) is 8.56. The third-order valence-corrected chi connectivity index (χ3v) is 6.40. The summed E-state index contributed by atoms with van der Waals surface area (Å²) in [5.41, 5.74) is 0.404. The Hall–Kier alpha value is -3.10. The van der Waals surface area contributed by atoms with Crippen LogP contribution in [-0.4, -0.2) is 50.9 Å². The highest BCUT2D eigenvalue weighted by Crippen LogP contribution is 2.23. The number of nitro benzene ring substituents is 1. The topological polar surface area (TPSA) is 146 Å². The van der Waals surface area contributed by atoms with Gasteiger partial charge in [0.05, 0.1) is 33.8 Å². The second kappa shape index (κ2) is 10.3. The van der Waals surface area contributed by atoms with E-state index in [1.54, 1.807) is 11.6 Å². The van der Waals surface area contributed by atoms with E-state index >= 15 is 0 Å². The third kappa shape index (κ3) is 5.96. The van der Waals surface area contributed by atoms with Gasteiger partial charge in [-0.15, -0.1) is 23.1 Å². The van der Waals surface area contributed by atoms with Crippen molar-refractivity contribution in [1.82, 2.24) is 9.55 Å². The first-order valence-corrected chi connectivity index (χ1v) is 11.4. The molecule has 0 spiro atoms. The molecule has 0 aliphatic rings. The fourth-order valence-electron chi connectivity index (χ4n) is 2.42. The number of thiazole rings is 2. The summed E-state index contributed by atoms with van der Waals surface area (Å²) >= 11 is 3.42. The van der Waals surface area contributed by atoms with Gasteiger partial charge < -0.3 is 14.6 Å². The van der Waals surface area contributed by atoms with Crippen LogP contribution in [0, 0.1) is 10.1 Å². The lowest BCUT2D eigenvalue weighted by Gasteiger charge is -2.03. The van der Waals surface area contributed by atoms with Crippen molar-refractivity contribution in [2.24, 2.45) is 4.99 Å². The predicted octanol–water partition coefficient (Wildman–Crippen LogP) is 2.04. The van der Waals surface area contributed by atoms with Gasteiger partial charge in [0, 0.05) is 23.7 Å². The predicted molar refractivity (Wildman–Crippen MR) is 117 cm³/mol. The molecule has 1 aromatic carbocycles. The molecule has 0 saturated carbocycles. The zero-order chi connectivity index (χ0) is 22.4. The number of carbonyl (C=O) groups is 3. The molecule has 2 amide bonds. The quantitative estimate of drug-likeness (QED) is 0.292. The van der Waals surface area contributed by atoms with Crippen molar-refractivity contribution in [3.63, 3.8) is 0 Å². The molecular formula is C17H15N5O6S3. The van der Waals surface area contributed by atoms with Crippen molar-refractivity contribution in [1.29, 1.82) is 0 Å². The second-order valence-corrected chi connectivity index (χ2v) is 8.73. The number of esters is 1. The molecule has 0 bridgehead atoms. The van der Waals surface area contributed by atoms with Gasteiger partial charge in [0.15, 0.2) is 9.93 Å². The Kier molecular flexibility index (Phi) is 7.49. The van der Waals surface area contributed by atoms with Gasteiger partial charge >= 0.3 is 5.97 Å². The minimum atomic E-state index is -0.555. The van der Waals surface area contributed by atoms with Gasteiger partial charge in [-0.2, -0.15) is 4.99 Å². The Bertz CT molecular complexity index is 1200. The van der Waals surface area contributed by atoms with E-state index in [1.165, 1.54) is 41.2 Å². The number of rotatable bonds is 8. The van der Waals surface area contributed by atoms with Crippen molar-refractivity contribution in [2.75, 3.05) is 23.9 Å².